The molecule has 0 aliphatic heterocycles. The molecule has 0 saturated heterocycles. The van der Waals surface area contributed by atoms with Gasteiger partial charge in [-0.05, 0) is 39.7 Å². The third-order valence-electron chi connectivity index (χ3n) is 3.86. The van der Waals surface area contributed by atoms with E-state index in [1.165, 1.54) is 26.9 Å². The van der Waals surface area contributed by atoms with Gasteiger partial charge >= 0.3 is 0 Å². The Morgan fingerprint density at radius 3 is 2.20 bits per heavy atom. The Morgan fingerprint density at radius 1 is 0.750 bits per heavy atom. The largest absolute Gasteiger partial charge is 0.496 e. The minimum absolute atomic E-state index is 0.902. The average molecular weight is 390 g/mol. The molecule has 1 nitrogen and oxygen atoms in total. The molecule has 3 heteroatoms. The third kappa shape index (κ3) is 1.54. The van der Waals surface area contributed by atoms with Gasteiger partial charge in [0.15, 0.2) is 0 Å². The Morgan fingerprint density at radius 2 is 1.40 bits per heavy atom. The first-order chi connectivity index (χ1) is 9.70. The first-order valence-corrected chi connectivity index (χ1v) is 7.89. The first kappa shape index (κ1) is 12.4. The van der Waals surface area contributed by atoms with Gasteiger partial charge in [-0.3, -0.25) is 0 Å². The predicted molar refractivity (Wildman–Crippen MR) is 92.1 cm³/mol. The van der Waals surface area contributed by atoms with Crippen molar-refractivity contribution in [1.82, 2.24) is 0 Å². The molecular formula is C17H10Br2O. The second kappa shape index (κ2) is 4.34. The molecule has 4 aromatic carbocycles. The molecule has 0 atom stereocenters. The van der Waals surface area contributed by atoms with E-state index in [0.29, 0.717) is 0 Å². The minimum atomic E-state index is 0.902. The van der Waals surface area contributed by atoms with Crippen LogP contribution in [0, 0.1) is 0 Å². The summed E-state index contributed by atoms with van der Waals surface area (Å²) in [7, 11) is 1.72. The fraction of sp³-hybridized carbons (Fsp3) is 0.0588. The molecule has 0 heterocycles. The van der Waals surface area contributed by atoms with Crippen molar-refractivity contribution >= 4 is 64.2 Å². The Hall–Kier alpha value is -1.32. The van der Waals surface area contributed by atoms with Crippen molar-refractivity contribution in [3.05, 3.63) is 51.4 Å². The number of benzene rings is 4. The van der Waals surface area contributed by atoms with Gasteiger partial charge in [0.1, 0.15) is 5.75 Å². The van der Waals surface area contributed by atoms with Gasteiger partial charge in [-0.15, -0.1) is 0 Å². The van der Waals surface area contributed by atoms with Crippen molar-refractivity contribution in [2.24, 2.45) is 0 Å². The number of rotatable bonds is 1. The lowest BCUT2D eigenvalue weighted by atomic mass is 9.94. The zero-order chi connectivity index (χ0) is 13.9. The molecule has 0 radical (unpaired) electrons. The van der Waals surface area contributed by atoms with Crippen LogP contribution in [-0.2, 0) is 0 Å². The number of hydrogen-bond acceptors (Lipinski definition) is 1. The number of methoxy groups -OCH3 is 1. The lowest BCUT2D eigenvalue weighted by molar-refractivity contribution is 0.419. The van der Waals surface area contributed by atoms with Gasteiger partial charge in [0, 0.05) is 19.7 Å². The number of halogens is 2. The fourth-order valence-electron chi connectivity index (χ4n) is 2.96. The minimum Gasteiger partial charge on any atom is -0.496 e. The number of hydrogen-bond donors (Lipinski definition) is 0. The molecule has 0 saturated carbocycles. The lowest BCUT2D eigenvalue weighted by Gasteiger charge is -2.15. The maximum absolute atomic E-state index is 5.54. The van der Waals surface area contributed by atoms with Crippen LogP contribution in [0.5, 0.6) is 5.75 Å². The van der Waals surface area contributed by atoms with E-state index >= 15 is 0 Å². The maximum atomic E-state index is 5.54. The van der Waals surface area contributed by atoms with Gasteiger partial charge in [0.05, 0.1) is 7.11 Å². The van der Waals surface area contributed by atoms with Crippen LogP contribution in [0.15, 0.2) is 51.4 Å². The van der Waals surface area contributed by atoms with Gasteiger partial charge in [-0.25, -0.2) is 0 Å². The van der Waals surface area contributed by atoms with Gasteiger partial charge < -0.3 is 4.74 Å². The summed E-state index contributed by atoms with van der Waals surface area (Å²) in [6.07, 6.45) is 0. The van der Waals surface area contributed by atoms with E-state index in [-0.39, 0.29) is 0 Å². The first-order valence-electron chi connectivity index (χ1n) is 6.30. The van der Waals surface area contributed by atoms with Gasteiger partial charge in [-0.2, -0.15) is 0 Å². The van der Waals surface area contributed by atoms with Crippen molar-refractivity contribution in [3.63, 3.8) is 0 Å². The second-order valence-electron chi connectivity index (χ2n) is 4.85. The highest BCUT2D eigenvalue weighted by Crippen LogP contribution is 2.43. The summed E-state index contributed by atoms with van der Waals surface area (Å²) in [5, 5.41) is 7.41. The highest BCUT2D eigenvalue weighted by atomic mass is 79.9. The average Bonchev–Trinajstić information content (AvgIpc) is 2.48. The lowest BCUT2D eigenvalue weighted by Crippen LogP contribution is -1.90. The number of ether oxygens (including phenoxy) is 1. The van der Waals surface area contributed by atoms with E-state index in [4.69, 9.17) is 4.74 Å². The molecule has 4 aromatic rings. The maximum Gasteiger partial charge on any atom is 0.127 e. The van der Waals surface area contributed by atoms with E-state index < -0.39 is 0 Å². The van der Waals surface area contributed by atoms with Gasteiger partial charge in [0.25, 0.3) is 0 Å². The fourth-order valence-corrected chi connectivity index (χ4v) is 3.96. The van der Waals surface area contributed by atoms with Crippen molar-refractivity contribution in [2.45, 2.75) is 0 Å². The molecular weight excluding hydrogens is 380 g/mol. The molecule has 0 fully saturated rings. The molecule has 4 rings (SSSR count). The van der Waals surface area contributed by atoms with Crippen LogP contribution in [0.25, 0.3) is 32.3 Å². The molecule has 0 N–H and O–H groups in total. The van der Waals surface area contributed by atoms with E-state index in [0.717, 1.165) is 20.1 Å². The van der Waals surface area contributed by atoms with Gasteiger partial charge in [-0.1, -0.05) is 56.1 Å². The molecule has 0 unspecified atom stereocenters. The van der Waals surface area contributed by atoms with Crippen LogP contribution in [-0.4, -0.2) is 7.11 Å². The van der Waals surface area contributed by atoms with Crippen molar-refractivity contribution in [3.8, 4) is 5.75 Å². The van der Waals surface area contributed by atoms with Crippen LogP contribution in [0.4, 0.5) is 0 Å². The SMILES string of the molecule is COc1cc(Br)c2ccc3ccc(Br)c4ccc1c2c34. The van der Waals surface area contributed by atoms with Gasteiger partial charge in [0.2, 0.25) is 0 Å². The molecule has 0 bridgehead atoms. The van der Waals surface area contributed by atoms with E-state index in [2.05, 4.69) is 68.3 Å². The van der Waals surface area contributed by atoms with Crippen LogP contribution in [0.2, 0.25) is 0 Å². The predicted octanol–water partition coefficient (Wildman–Crippen LogP) is 6.12. The zero-order valence-corrected chi connectivity index (χ0v) is 13.9. The van der Waals surface area contributed by atoms with Crippen LogP contribution in [0.3, 0.4) is 0 Å². The Bertz CT molecular complexity index is 960. The quantitative estimate of drug-likeness (QED) is 0.356. The van der Waals surface area contributed by atoms with E-state index in [1.54, 1.807) is 7.11 Å². The summed E-state index contributed by atoms with van der Waals surface area (Å²) in [6, 6.07) is 14.9. The normalized spacial score (nSPS) is 11.8. The zero-order valence-electron chi connectivity index (χ0n) is 10.7. The Kier molecular flexibility index (Phi) is 2.69. The molecule has 0 aromatic heterocycles. The smallest absolute Gasteiger partial charge is 0.127 e. The molecule has 20 heavy (non-hydrogen) atoms. The van der Waals surface area contributed by atoms with Crippen LogP contribution in [0.1, 0.15) is 0 Å². The summed E-state index contributed by atoms with van der Waals surface area (Å²) in [6.45, 7) is 0. The molecule has 0 amide bonds. The Balaban J connectivity index is 2.41. The summed E-state index contributed by atoms with van der Waals surface area (Å²) in [5.74, 6) is 0.902. The van der Waals surface area contributed by atoms with E-state index in [9.17, 15) is 0 Å². The molecule has 0 spiro atoms. The summed E-state index contributed by atoms with van der Waals surface area (Å²) in [4.78, 5) is 0. The summed E-state index contributed by atoms with van der Waals surface area (Å²) >= 11 is 7.31. The molecule has 0 aliphatic rings. The topological polar surface area (TPSA) is 9.23 Å². The van der Waals surface area contributed by atoms with Crippen LogP contribution < -0.4 is 4.74 Å². The monoisotopic (exact) mass is 388 g/mol. The van der Waals surface area contributed by atoms with E-state index in [1.807, 2.05) is 6.07 Å². The molecule has 0 aliphatic carbocycles. The second-order valence-corrected chi connectivity index (χ2v) is 6.56. The summed E-state index contributed by atoms with van der Waals surface area (Å²) in [5.41, 5.74) is 0. The summed E-state index contributed by atoms with van der Waals surface area (Å²) < 4.78 is 7.73. The van der Waals surface area contributed by atoms with Crippen molar-refractivity contribution in [2.75, 3.05) is 7.11 Å². The highest BCUT2D eigenvalue weighted by molar-refractivity contribution is 9.11. The van der Waals surface area contributed by atoms with Crippen molar-refractivity contribution in [1.29, 1.82) is 0 Å². The molecule has 98 valence electrons. The van der Waals surface area contributed by atoms with Crippen molar-refractivity contribution < 1.29 is 4.74 Å². The standard InChI is InChI=1S/C17H10Br2O/c1-20-15-8-14(19)11-4-2-9-3-7-13(18)10-5-6-12(15)17(11)16(9)10/h2-8H,1H3. The third-order valence-corrected chi connectivity index (χ3v) is 5.21. The Labute approximate surface area is 133 Å². The highest BCUT2D eigenvalue weighted by Gasteiger charge is 2.14. The van der Waals surface area contributed by atoms with Crippen LogP contribution >= 0.6 is 31.9 Å².